The first-order valence-corrected chi connectivity index (χ1v) is 6.95. The van der Waals surface area contributed by atoms with Gasteiger partial charge in [0.15, 0.2) is 0 Å². The molecule has 1 nitrogen and oxygen atoms in total. The van der Waals surface area contributed by atoms with E-state index >= 15 is 0 Å². The molecule has 1 aliphatic heterocycles. The Kier molecular flexibility index (Phi) is 4.32. The van der Waals surface area contributed by atoms with E-state index in [0.717, 1.165) is 29.3 Å². The highest BCUT2D eigenvalue weighted by Gasteiger charge is 2.19. The van der Waals surface area contributed by atoms with E-state index in [1.54, 1.807) is 11.3 Å². The van der Waals surface area contributed by atoms with E-state index in [1.165, 1.54) is 12.8 Å². The highest BCUT2D eigenvalue weighted by molar-refractivity contribution is 7.11. The molecule has 2 unspecified atom stereocenters. The first-order chi connectivity index (χ1) is 7.27. The molecule has 0 N–H and O–H groups in total. The Hall–Kier alpha value is 0.240. The van der Waals surface area contributed by atoms with Gasteiger partial charge in [0.2, 0.25) is 0 Å². The zero-order valence-corrected chi connectivity index (χ0v) is 10.7. The molecule has 2 heterocycles. The van der Waals surface area contributed by atoms with Gasteiger partial charge in [-0.05, 0) is 37.1 Å². The zero-order valence-electron chi connectivity index (χ0n) is 8.42. The summed E-state index contributed by atoms with van der Waals surface area (Å²) in [7, 11) is 0. The van der Waals surface area contributed by atoms with E-state index in [2.05, 4.69) is 0 Å². The lowest BCUT2D eigenvalue weighted by molar-refractivity contribution is 0.102. The maximum absolute atomic E-state index is 6.30. The molecule has 0 radical (unpaired) electrons. The fraction of sp³-hybridized carbons (Fsp3) is 0.636. The first kappa shape index (κ1) is 11.7. The highest BCUT2D eigenvalue weighted by atomic mass is 35.5. The SMILES string of the molecule is Clc1ccsc1C(Cl)CCC1CCCO1. The minimum atomic E-state index is 0.0432. The summed E-state index contributed by atoms with van der Waals surface area (Å²) in [6.45, 7) is 0.914. The minimum Gasteiger partial charge on any atom is -0.378 e. The topological polar surface area (TPSA) is 9.23 Å². The first-order valence-electron chi connectivity index (χ1n) is 5.26. The molecule has 2 atom stereocenters. The number of thiophene rings is 1. The summed E-state index contributed by atoms with van der Waals surface area (Å²) in [5, 5.41) is 2.83. The van der Waals surface area contributed by atoms with E-state index in [4.69, 9.17) is 27.9 Å². The van der Waals surface area contributed by atoms with Crippen molar-refractivity contribution in [2.75, 3.05) is 6.61 Å². The van der Waals surface area contributed by atoms with Gasteiger partial charge in [0.05, 0.1) is 16.5 Å². The van der Waals surface area contributed by atoms with Crippen LogP contribution in [0.2, 0.25) is 5.02 Å². The second kappa shape index (κ2) is 5.53. The average molecular weight is 265 g/mol. The number of hydrogen-bond donors (Lipinski definition) is 0. The summed E-state index contributed by atoms with van der Waals surface area (Å²) < 4.78 is 5.56. The molecule has 15 heavy (non-hydrogen) atoms. The van der Waals surface area contributed by atoms with Gasteiger partial charge in [-0.25, -0.2) is 0 Å². The molecular formula is C11H14Cl2OS. The quantitative estimate of drug-likeness (QED) is 0.720. The van der Waals surface area contributed by atoms with Crippen molar-refractivity contribution < 1.29 is 4.74 Å². The third kappa shape index (κ3) is 3.10. The van der Waals surface area contributed by atoms with E-state index in [9.17, 15) is 0 Å². The predicted octanol–water partition coefficient (Wildman–Crippen LogP) is 4.64. The molecule has 1 aromatic rings. The summed E-state index contributed by atoms with van der Waals surface area (Å²) in [5.41, 5.74) is 0. The Balaban J connectivity index is 1.81. The third-order valence-corrected chi connectivity index (χ3v) is 4.73. The van der Waals surface area contributed by atoms with Gasteiger partial charge in [0.25, 0.3) is 0 Å². The van der Waals surface area contributed by atoms with Crippen molar-refractivity contribution in [1.29, 1.82) is 0 Å². The lowest BCUT2D eigenvalue weighted by Gasteiger charge is -2.12. The Morgan fingerprint density at radius 3 is 3.07 bits per heavy atom. The van der Waals surface area contributed by atoms with Crippen LogP contribution in [0, 0.1) is 0 Å². The van der Waals surface area contributed by atoms with Crippen LogP contribution in [0.4, 0.5) is 0 Å². The number of alkyl halides is 1. The molecule has 0 saturated carbocycles. The molecule has 1 saturated heterocycles. The molecule has 0 aromatic carbocycles. The standard InChI is InChI=1S/C11H14Cl2OS/c12-9(11-10(13)5-7-15-11)4-3-8-2-1-6-14-8/h5,7-9H,1-4,6H2. The molecule has 0 spiro atoms. The second-order valence-corrected chi connectivity index (χ2v) is 5.69. The molecule has 84 valence electrons. The van der Waals surface area contributed by atoms with Gasteiger partial charge >= 0.3 is 0 Å². The molecule has 0 bridgehead atoms. The van der Waals surface area contributed by atoms with Gasteiger partial charge in [-0.15, -0.1) is 22.9 Å². The summed E-state index contributed by atoms with van der Waals surface area (Å²) in [5.74, 6) is 0. The number of halogens is 2. The van der Waals surface area contributed by atoms with Crippen LogP contribution in [0.1, 0.15) is 35.9 Å². The van der Waals surface area contributed by atoms with Gasteiger partial charge in [-0.3, -0.25) is 0 Å². The number of hydrogen-bond acceptors (Lipinski definition) is 2. The van der Waals surface area contributed by atoms with Crippen molar-refractivity contribution >= 4 is 34.5 Å². The van der Waals surface area contributed by atoms with Crippen LogP contribution in [-0.4, -0.2) is 12.7 Å². The van der Waals surface area contributed by atoms with Gasteiger partial charge in [0.1, 0.15) is 0 Å². The largest absolute Gasteiger partial charge is 0.378 e. The fourth-order valence-electron chi connectivity index (χ4n) is 1.86. The van der Waals surface area contributed by atoms with E-state index in [1.807, 2.05) is 11.4 Å². The molecule has 1 aliphatic rings. The van der Waals surface area contributed by atoms with E-state index in [0.29, 0.717) is 6.10 Å². The molecule has 1 fully saturated rings. The van der Waals surface area contributed by atoms with Crippen molar-refractivity contribution in [3.63, 3.8) is 0 Å². The maximum atomic E-state index is 6.30. The zero-order chi connectivity index (χ0) is 10.7. The van der Waals surface area contributed by atoms with E-state index in [-0.39, 0.29) is 5.38 Å². The lowest BCUT2D eigenvalue weighted by atomic mass is 10.1. The molecule has 0 amide bonds. The lowest BCUT2D eigenvalue weighted by Crippen LogP contribution is -2.05. The van der Waals surface area contributed by atoms with Crippen molar-refractivity contribution in [3.05, 3.63) is 21.3 Å². The summed E-state index contributed by atoms with van der Waals surface area (Å²) in [6, 6.07) is 1.91. The van der Waals surface area contributed by atoms with Crippen LogP contribution >= 0.6 is 34.5 Å². The molecule has 0 aliphatic carbocycles. The maximum Gasteiger partial charge on any atom is 0.0694 e. The van der Waals surface area contributed by atoms with Crippen LogP contribution < -0.4 is 0 Å². The van der Waals surface area contributed by atoms with E-state index < -0.39 is 0 Å². The van der Waals surface area contributed by atoms with Gasteiger partial charge in [-0.1, -0.05) is 11.6 Å². The molecule has 2 rings (SSSR count). The Labute approximate surface area is 104 Å². The smallest absolute Gasteiger partial charge is 0.0694 e. The van der Waals surface area contributed by atoms with Gasteiger partial charge in [-0.2, -0.15) is 0 Å². The van der Waals surface area contributed by atoms with Crippen molar-refractivity contribution in [2.24, 2.45) is 0 Å². The summed E-state index contributed by atoms with van der Waals surface area (Å²) in [6.07, 6.45) is 4.79. The van der Waals surface area contributed by atoms with Crippen LogP contribution in [0.25, 0.3) is 0 Å². The second-order valence-electron chi connectivity index (χ2n) is 3.81. The Morgan fingerprint density at radius 1 is 1.60 bits per heavy atom. The van der Waals surface area contributed by atoms with Gasteiger partial charge in [0, 0.05) is 11.5 Å². The van der Waals surface area contributed by atoms with Gasteiger partial charge < -0.3 is 4.74 Å². The number of ether oxygens (including phenoxy) is 1. The summed E-state index contributed by atoms with van der Waals surface area (Å²) >= 11 is 14.0. The van der Waals surface area contributed by atoms with Crippen LogP contribution in [-0.2, 0) is 4.74 Å². The monoisotopic (exact) mass is 264 g/mol. The van der Waals surface area contributed by atoms with Crippen LogP contribution in [0.15, 0.2) is 11.4 Å². The van der Waals surface area contributed by atoms with Crippen LogP contribution in [0.3, 0.4) is 0 Å². The third-order valence-electron chi connectivity index (χ3n) is 2.70. The number of rotatable bonds is 4. The van der Waals surface area contributed by atoms with Crippen molar-refractivity contribution in [1.82, 2.24) is 0 Å². The molecular weight excluding hydrogens is 251 g/mol. The summed E-state index contributed by atoms with van der Waals surface area (Å²) in [4.78, 5) is 1.09. The van der Waals surface area contributed by atoms with Crippen molar-refractivity contribution in [2.45, 2.75) is 37.2 Å². The Bertz CT molecular complexity index is 307. The predicted molar refractivity (Wildman–Crippen MR) is 66.1 cm³/mol. The minimum absolute atomic E-state index is 0.0432. The average Bonchev–Trinajstić information content (AvgIpc) is 2.84. The fourth-order valence-corrected chi connectivity index (χ4v) is 3.52. The van der Waals surface area contributed by atoms with Crippen LogP contribution in [0.5, 0.6) is 0 Å². The van der Waals surface area contributed by atoms with Crippen molar-refractivity contribution in [3.8, 4) is 0 Å². The Morgan fingerprint density at radius 2 is 2.47 bits per heavy atom. The normalized spacial score (nSPS) is 23.2. The molecule has 1 aromatic heterocycles. The molecule has 4 heteroatoms. The highest BCUT2D eigenvalue weighted by Crippen LogP contribution is 2.36.